The third kappa shape index (κ3) is 4.07. The molecule has 1 aliphatic heterocycles. The zero-order chi connectivity index (χ0) is 29.7. The van der Waals surface area contributed by atoms with E-state index in [1.54, 1.807) is 0 Å². The summed E-state index contributed by atoms with van der Waals surface area (Å²) in [4.78, 5) is 2.51. The molecule has 0 saturated carbocycles. The third-order valence-corrected chi connectivity index (χ3v) is 9.91. The molecule has 0 saturated heterocycles. The van der Waals surface area contributed by atoms with E-state index < -0.39 is 0 Å². The summed E-state index contributed by atoms with van der Waals surface area (Å²) in [5.41, 5.74) is 11.5. The van der Waals surface area contributed by atoms with E-state index in [9.17, 15) is 0 Å². The normalized spacial score (nSPS) is 13.5. The van der Waals surface area contributed by atoms with E-state index in [0.717, 1.165) is 12.8 Å². The van der Waals surface area contributed by atoms with Crippen molar-refractivity contribution >= 4 is 38.6 Å². The fourth-order valence-electron chi connectivity index (χ4n) is 7.55. The second kappa shape index (κ2) is 10.5. The van der Waals surface area contributed by atoms with Gasteiger partial charge in [-0.3, -0.25) is 0 Å². The second-order valence-electron chi connectivity index (χ2n) is 12.0. The molecule has 0 amide bonds. The molecule has 44 heavy (non-hydrogen) atoms. The van der Waals surface area contributed by atoms with Crippen LogP contribution in [0.1, 0.15) is 37.8 Å². The van der Waals surface area contributed by atoms with Crippen LogP contribution in [0.2, 0.25) is 0 Å². The van der Waals surface area contributed by atoms with Crippen LogP contribution in [0.15, 0.2) is 152 Å². The van der Waals surface area contributed by atoms with Gasteiger partial charge in [-0.05, 0) is 104 Å². The highest BCUT2D eigenvalue weighted by atomic mass is 15.2. The Labute approximate surface area is 260 Å². The Bertz CT molecular complexity index is 2050. The number of fused-ring (bicyclic) bond motifs is 5. The lowest BCUT2D eigenvalue weighted by Crippen LogP contribution is -2.34. The van der Waals surface area contributed by atoms with Crippen LogP contribution in [0.4, 0.5) is 17.1 Å². The highest BCUT2D eigenvalue weighted by Crippen LogP contribution is 2.56. The number of anilines is 3. The molecule has 1 heterocycles. The Morgan fingerprint density at radius 3 is 1.55 bits per heavy atom. The smallest absolute Gasteiger partial charge is 0.0503 e. The number of hydrogen-bond acceptors (Lipinski definition) is 1. The SMILES string of the molecule is CCC1(CC)c2cc(-c3ccccc3)ccc2N(c2ccc3c(ccc4ccccc43)c2)c2ccc(-c3ccccc3)cc21. The lowest BCUT2D eigenvalue weighted by Gasteiger charge is -2.45. The molecule has 0 unspecified atom stereocenters. The van der Waals surface area contributed by atoms with E-state index in [-0.39, 0.29) is 5.41 Å². The maximum atomic E-state index is 2.51. The topological polar surface area (TPSA) is 3.24 Å². The molecule has 212 valence electrons. The van der Waals surface area contributed by atoms with Crippen molar-refractivity contribution in [2.75, 3.05) is 4.90 Å². The number of benzene rings is 7. The van der Waals surface area contributed by atoms with Gasteiger partial charge in [0.25, 0.3) is 0 Å². The predicted molar refractivity (Wildman–Crippen MR) is 188 cm³/mol. The van der Waals surface area contributed by atoms with Crippen LogP contribution in [0.3, 0.4) is 0 Å². The summed E-state index contributed by atoms with van der Waals surface area (Å²) in [5.74, 6) is 0. The minimum absolute atomic E-state index is 0.107. The van der Waals surface area contributed by atoms with Gasteiger partial charge in [-0.15, -0.1) is 0 Å². The lowest BCUT2D eigenvalue weighted by atomic mass is 9.66. The summed E-state index contributed by atoms with van der Waals surface area (Å²) in [6.45, 7) is 4.72. The van der Waals surface area contributed by atoms with Crippen LogP contribution in [-0.2, 0) is 5.41 Å². The minimum atomic E-state index is -0.107. The summed E-state index contributed by atoms with van der Waals surface area (Å²) in [6.07, 6.45) is 2.05. The standard InChI is InChI=1S/C43H35N/c1-3-43(4-2)39-28-33(30-13-7-5-8-14-30)21-25-41(39)44(42-26-22-34(29-40(42)43)31-15-9-6-10-16-31)36-23-24-38-35(27-36)20-19-32-17-11-12-18-37(32)38/h5-29H,3-4H2,1-2H3. The van der Waals surface area contributed by atoms with Gasteiger partial charge in [0.1, 0.15) is 0 Å². The monoisotopic (exact) mass is 565 g/mol. The Kier molecular flexibility index (Phi) is 6.34. The molecule has 0 bridgehead atoms. The zero-order valence-corrected chi connectivity index (χ0v) is 25.3. The third-order valence-electron chi connectivity index (χ3n) is 9.91. The molecule has 7 aromatic carbocycles. The van der Waals surface area contributed by atoms with Gasteiger partial charge in [-0.1, -0.05) is 129 Å². The van der Waals surface area contributed by atoms with Gasteiger partial charge >= 0.3 is 0 Å². The second-order valence-corrected chi connectivity index (χ2v) is 12.0. The van der Waals surface area contributed by atoms with Crippen LogP contribution in [-0.4, -0.2) is 0 Å². The van der Waals surface area contributed by atoms with Crippen LogP contribution < -0.4 is 4.90 Å². The van der Waals surface area contributed by atoms with Crippen molar-refractivity contribution in [3.05, 3.63) is 163 Å². The van der Waals surface area contributed by atoms with Crippen molar-refractivity contribution in [3.8, 4) is 22.3 Å². The molecule has 8 rings (SSSR count). The fourth-order valence-corrected chi connectivity index (χ4v) is 7.55. The Morgan fingerprint density at radius 1 is 0.432 bits per heavy atom. The summed E-state index contributed by atoms with van der Waals surface area (Å²) >= 11 is 0. The molecule has 0 aliphatic carbocycles. The first-order valence-electron chi connectivity index (χ1n) is 15.8. The van der Waals surface area contributed by atoms with Gasteiger partial charge < -0.3 is 4.90 Å². The summed E-state index contributed by atoms with van der Waals surface area (Å²) < 4.78 is 0. The first-order valence-corrected chi connectivity index (χ1v) is 15.8. The Balaban J connectivity index is 1.40. The van der Waals surface area contributed by atoms with Crippen LogP contribution in [0, 0.1) is 0 Å². The molecule has 0 aromatic heterocycles. The number of nitrogens with zero attached hydrogens (tertiary/aromatic N) is 1. The van der Waals surface area contributed by atoms with Crippen molar-refractivity contribution < 1.29 is 0 Å². The molecule has 0 N–H and O–H groups in total. The molecule has 7 aromatic rings. The molecule has 0 radical (unpaired) electrons. The van der Waals surface area contributed by atoms with Gasteiger partial charge in [-0.25, -0.2) is 0 Å². The summed E-state index contributed by atoms with van der Waals surface area (Å²) in [6, 6.07) is 56.0. The first kappa shape index (κ1) is 26.5. The van der Waals surface area contributed by atoms with Crippen LogP contribution >= 0.6 is 0 Å². The van der Waals surface area contributed by atoms with Crippen molar-refractivity contribution in [2.24, 2.45) is 0 Å². The molecule has 0 spiro atoms. The largest absolute Gasteiger partial charge is 0.310 e. The molecule has 1 nitrogen and oxygen atoms in total. The molecule has 1 aliphatic rings. The maximum Gasteiger partial charge on any atom is 0.0503 e. The van der Waals surface area contributed by atoms with E-state index >= 15 is 0 Å². The molecular weight excluding hydrogens is 530 g/mol. The van der Waals surface area contributed by atoms with Gasteiger partial charge in [0.05, 0.1) is 11.4 Å². The fraction of sp³-hybridized carbons (Fsp3) is 0.116. The first-order chi connectivity index (χ1) is 21.7. The van der Waals surface area contributed by atoms with Crippen LogP contribution in [0.25, 0.3) is 43.8 Å². The lowest BCUT2D eigenvalue weighted by molar-refractivity contribution is 0.475. The van der Waals surface area contributed by atoms with E-state index in [0.29, 0.717) is 0 Å². The van der Waals surface area contributed by atoms with Crippen molar-refractivity contribution in [2.45, 2.75) is 32.1 Å². The van der Waals surface area contributed by atoms with Gasteiger partial charge in [0.15, 0.2) is 0 Å². The van der Waals surface area contributed by atoms with E-state index in [4.69, 9.17) is 0 Å². The average Bonchev–Trinajstić information content (AvgIpc) is 3.10. The minimum Gasteiger partial charge on any atom is -0.310 e. The molecule has 0 atom stereocenters. The number of hydrogen-bond donors (Lipinski definition) is 0. The van der Waals surface area contributed by atoms with E-state index in [1.165, 1.54) is 72.0 Å². The number of rotatable bonds is 5. The van der Waals surface area contributed by atoms with Crippen molar-refractivity contribution in [1.82, 2.24) is 0 Å². The van der Waals surface area contributed by atoms with Gasteiger partial charge in [0, 0.05) is 11.1 Å². The summed E-state index contributed by atoms with van der Waals surface area (Å²) in [5, 5.41) is 5.12. The van der Waals surface area contributed by atoms with Crippen LogP contribution in [0.5, 0.6) is 0 Å². The average molecular weight is 566 g/mol. The quantitative estimate of drug-likeness (QED) is 0.188. The van der Waals surface area contributed by atoms with E-state index in [2.05, 4.69) is 170 Å². The highest BCUT2D eigenvalue weighted by molar-refractivity contribution is 6.08. The molecule has 1 heteroatoms. The molecular formula is C43H35N. The van der Waals surface area contributed by atoms with E-state index in [1.807, 2.05) is 0 Å². The van der Waals surface area contributed by atoms with Crippen molar-refractivity contribution in [1.29, 1.82) is 0 Å². The Hall–Kier alpha value is -5.14. The molecule has 0 fully saturated rings. The summed E-state index contributed by atoms with van der Waals surface area (Å²) in [7, 11) is 0. The van der Waals surface area contributed by atoms with Crippen molar-refractivity contribution in [3.63, 3.8) is 0 Å². The predicted octanol–water partition coefficient (Wildman–Crippen LogP) is 12.2. The van der Waals surface area contributed by atoms with Gasteiger partial charge in [0.2, 0.25) is 0 Å². The Morgan fingerprint density at radius 2 is 0.955 bits per heavy atom. The zero-order valence-electron chi connectivity index (χ0n) is 25.3. The maximum absolute atomic E-state index is 2.51. The highest BCUT2D eigenvalue weighted by Gasteiger charge is 2.41. The van der Waals surface area contributed by atoms with Gasteiger partial charge in [-0.2, -0.15) is 0 Å².